The lowest BCUT2D eigenvalue weighted by Crippen LogP contribution is -2.10. The molecule has 0 saturated heterocycles. The highest BCUT2D eigenvalue weighted by atomic mass is 35.5. The number of phenols is 2. The predicted octanol–water partition coefficient (Wildman–Crippen LogP) is 4.80. The summed E-state index contributed by atoms with van der Waals surface area (Å²) in [5.74, 6) is 1.11. The van der Waals surface area contributed by atoms with Crippen molar-refractivity contribution in [1.29, 1.82) is 0 Å². The number of halogens is 1. The molecule has 5 heteroatoms. The van der Waals surface area contributed by atoms with Crippen LogP contribution in [0.15, 0.2) is 58.5 Å². The van der Waals surface area contributed by atoms with Gasteiger partial charge in [-0.3, -0.25) is 9.98 Å². The topological polar surface area (TPSA) is 65.2 Å². The zero-order valence-electron chi connectivity index (χ0n) is 14.8. The van der Waals surface area contributed by atoms with E-state index in [0.717, 1.165) is 25.7 Å². The number of alkyl halides is 1. The molecule has 0 amide bonds. The third kappa shape index (κ3) is 6.89. The van der Waals surface area contributed by atoms with Gasteiger partial charge in [-0.2, -0.15) is 0 Å². The largest absolute Gasteiger partial charge is 0.507 e. The lowest BCUT2D eigenvalue weighted by atomic mass is 10.1. The highest BCUT2D eigenvalue weighted by Crippen LogP contribution is 2.15. The fourth-order valence-corrected chi connectivity index (χ4v) is 2.71. The minimum Gasteiger partial charge on any atom is -0.507 e. The van der Waals surface area contributed by atoms with Crippen LogP contribution in [0.4, 0.5) is 0 Å². The van der Waals surface area contributed by atoms with Crippen molar-refractivity contribution in [2.24, 2.45) is 9.98 Å². The molecule has 0 fully saturated rings. The maximum atomic E-state index is 9.86. The number of rotatable bonds is 10. The molecule has 0 aliphatic carbocycles. The quantitative estimate of drug-likeness (QED) is 0.357. The molecule has 0 bridgehead atoms. The molecule has 4 nitrogen and oxygen atoms in total. The molecule has 2 N–H and O–H groups in total. The average Bonchev–Trinajstić information content (AvgIpc) is 2.65. The van der Waals surface area contributed by atoms with Gasteiger partial charge in [-0.25, -0.2) is 0 Å². The number of hydrogen-bond donors (Lipinski definition) is 2. The summed E-state index contributed by atoms with van der Waals surface area (Å²) in [6.07, 6.45) is 7.38. The van der Waals surface area contributed by atoms with Gasteiger partial charge < -0.3 is 10.2 Å². The Hall–Kier alpha value is -2.33. The Morgan fingerprint density at radius 3 is 2.08 bits per heavy atom. The number of aliphatic imine (C=N–C) groups is 2. The van der Waals surface area contributed by atoms with E-state index in [9.17, 15) is 10.2 Å². The lowest BCUT2D eigenvalue weighted by molar-refractivity contribution is 0.473. The van der Waals surface area contributed by atoms with E-state index in [1.807, 2.05) is 24.3 Å². The SMILES string of the molecule is Oc1ccccc1C=NCC(CCCCCCl)N=Cc1ccccc1O. The van der Waals surface area contributed by atoms with Gasteiger partial charge in [0, 0.05) is 29.4 Å². The number of benzene rings is 2. The van der Waals surface area contributed by atoms with Crippen LogP contribution in [0.25, 0.3) is 0 Å². The van der Waals surface area contributed by atoms with E-state index in [0.29, 0.717) is 23.6 Å². The van der Waals surface area contributed by atoms with Crippen LogP contribution in [0.3, 0.4) is 0 Å². The van der Waals surface area contributed by atoms with Gasteiger partial charge in [0.25, 0.3) is 0 Å². The fourth-order valence-electron chi connectivity index (χ4n) is 2.52. The molecular weight excluding hydrogens is 348 g/mol. The molecule has 2 rings (SSSR count). The molecule has 0 aliphatic heterocycles. The van der Waals surface area contributed by atoms with Crippen molar-refractivity contribution in [2.75, 3.05) is 12.4 Å². The van der Waals surface area contributed by atoms with E-state index in [1.165, 1.54) is 0 Å². The van der Waals surface area contributed by atoms with Crippen molar-refractivity contribution < 1.29 is 10.2 Å². The van der Waals surface area contributed by atoms with Gasteiger partial charge in [-0.05, 0) is 37.1 Å². The van der Waals surface area contributed by atoms with Crippen LogP contribution in [0.1, 0.15) is 36.8 Å². The smallest absolute Gasteiger partial charge is 0.124 e. The second-order valence-corrected chi connectivity index (χ2v) is 6.46. The maximum absolute atomic E-state index is 9.86. The molecule has 0 radical (unpaired) electrons. The summed E-state index contributed by atoms with van der Waals surface area (Å²) in [7, 11) is 0. The second kappa shape index (κ2) is 11.3. The summed E-state index contributed by atoms with van der Waals surface area (Å²) < 4.78 is 0. The molecule has 0 aliphatic rings. The molecule has 2 aromatic rings. The summed E-state index contributed by atoms with van der Waals surface area (Å²) >= 11 is 5.74. The minimum atomic E-state index is 0.0204. The van der Waals surface area contributed by atoms with Crippen molar-refractivity contribution in [3.63, 3.8) is 0 Å². The predicted molar refractivity (Wildman–Crippen MR) is 109 cm³/mol. The van der Waals surface area contributed by atoms with Crippen LogP contribution in [0.5, 0.6) is 11.5 Å². The monoisotopic (exact) mass is 372 g/mol. The van der Waals surface area contributed by atoms with Crippen LogP contribution in [0.2, 0.25) is 0 Å². The summed E-state index contributed by atoms with van der Waals surface area (Å²) in [6, 6.07) is 14.2. The highest BCUT2D eigenvalue weighted by molar-refractivity contribution is 6.17. The Morgan fingerprint density at radius 2 is 1.46 bits per heavy atom. The molecule has 26 heavy (non-hydrogen) atoms. The van der Waals surface area contributed by atoms with E-state index in [-0.39, 0.29) is 17.5 Å². The molecule has 0 heterocycles. The standard InChI is InChI=1S/C21H25ClN2O2/c22-13-7-1-2-10-19(24-15-18-9-4-6-12-21(18)26)16-23-14-17-8-3-5-11-20(17)25/h3-6,8-9,11-12,14-15,19,25-26H,1-2,7,10,13,16H2. The van der Waals surface area contributed by atoms with Crippen molar-refractivity contribution >= 4 is 24.0 Å². The maximum Gasteiger partial charge on any atom is 0.124 e. The Kier molecular flexibility index (Phi) is 8.70. The first-order chi connectivity index (χ1) is 12.7. The van der Waals surface area contributed by atoms with Crippen molar-refractivity contribution in [3.8, 4) is 11.5 Å². The van der Waals surface area contributed by atoms with E-state index in [2.05, 4.69) is 9.98 Å². The number of para-hydroxylation sites is 2. The van der Waals surface area contributed by atoms with Gasteiger partial charge >= 0.3 is 0 Å². The Balaban J connectivity index is 2.00. The zero-order chi connectivity index (χ0) is 18.6. The van der Waals surface area contributed by atoms with Gasteiger partial charge in [-0.1, -0.05) is 37.1 Å². The van der Waals surface area contributed by atoms with Crippen LogP contribution < -0.4 is 0 Å². The van der Waals surface area contributed by atoms with E-state index < -0.39 is 0 Å². The summed E-state index contributed by atoms with van der Waals surface area (Å²) in [4.78, 5) is 9.06. The van der Waals surface area contributed by atoms with E-state index in [4.69, 9.17) is 11.6 Å². The minimum absolute atomic E-state index is 0.0204. The van der Waals surface area contributed by atoms with E-state index >= 15 is 0 Å². The van der Waals surface area contributed by atoms with Gasteiger partial charge in [0.15, 0.2) is 0 Å². The van der Waals surface area contributed by atoms with E-state index in [1.54, 1.807) is 36.7 Å². The van der Waals surface area contributed by atoms with Gasteiger partial charge in [0.2, 0.25) is 0 Å². The van der Waals surface area contributed by atoms with Crippen molar-refractivity contribution in [1.82, 2.24) is 0 Å². The first kappa shape index (κ1) is 20.0. The van der Waals surface area contributed by atoms with Crippen LogP contribution in [-0.2, 0) is 0 Å². The molecule has 1 unspecified atom stereocenters. The number of hydrogen-bond acceptors (Lipinski definition) is 4. The first-order valence-electron chi connectivity index (χ1n) is 8.85. The second-order valence-electron chi connectivity index (χ2n) is 6.08. The third-order valence-corrected chi connectivity index (χ3v) is 4.28. The Morgan fingerprint density at radius 1 is 0.846 bits per heavy atom. The normalized spacial score (nSPS) is 12.8. The highest BCUT2D eigenvalue weighted by Gasteiger charge is 2.06. The zero-order valence-corrected chi connectivity index (χ0v) is 15.5. The number of unbranched alkanes of at least 4 members (excludes halogenated alkanes) is 2. The molecular formula is C21H25ClN2O2. The molecule has 0 spiro atoms. The Labute approximate surface area is 159 Å². The Bertz CT molecular complexity index is 731. The average molecular weight is 373 g/mol. The first-order valence-corrected chi connectivity index (χ1v) is 9.39. The van der Waals surface area contributed by atoms with Gasteiger partial charge in [0.05, 0.1) is 12.6 Å². The van der Waals surface area contributed by atoms with Crippen molar-refractivity contribution in [3.05, 3.63) is 59.7 Å². The third-order valence-electron chi connectivity index (χ3n) is 4.02. The summed E-state index contributed by atoms with van der Waals surface area (Å²) in [5, 5.41) is 19.7. The van der Waals surface area contributed by atoms with Crippen LogP contribution >= 0.6 is 11.6 Å². The lowest BCUT2D eigenvalue weighted by Gasteiger charge is -2.10. The fraction of sp³-hybridized carbons (Fsp3) is 0.333. The molecule has 2 aromatic carbocycles. The molecule has 0 aromatic heterocycles. The molecule has 0 saturated carbocycles. The molecule has 1 atom stereocenters. The number of aromatic hydroxyl groups is 2. The number of nitrogens with zero attached hydrogens (tertiary/aromatic N) is 2. The van der Waals surface area contributed by atoms with Gasteiger partial charge in [0.1, 0.15) is 11.5 Å². The van der Waals surface area contributed by atoms with Crippen molar-refractivity contribution in [2.45, 2.75) is 31.7 Å². The summed E-state index contributed by atoms with van der Waals surface area (Å²) in [6.45, 7) is 0.527. The summed E-state index contributed by atoms with van der Waals surface area (Å²) in [5.41, 5.74) is 1.39. The van der Waals surface area contributed by atoms with Crippen LogP contribution in [-0.4, -0.2) is 41.1 Å². The van der Waals surface area contributed by atoms with Crippen LogP contribution in [0, 0.1) is 0 Å². The van der Waals surface area contributed by atoms with Gasteiger partial charge in [-0.15, -0.1) is 11.6 Å². The molecule has 138 valence electrons. The number of phenolic OH excluding ortho intramolecular Hbond substituents is 2.